The van der Waals surface area contributed by atoms with Crippen molar-refractivity contribution in [2.24, 2.45) is 11.8 Å². The number of amides is 1. The number of nitrogens with zero attached hydrogens (tertiary/aromatic N) is 1. The number of hydrogen-bond donors (Lipinski definition) is 0. The molecule has 2 aliphatic rings. The molecule has 0 bridgehead atoms. The zero-order valence-corrected chi connectivity index (χ0v) is 12.4. The highest BCUT2D eigenvalue weighted by atomic mass is 16.5. The van der Waals surface area contributed by atoms with E-state index in [2.05, 4.69) is 18.7 Å². The summed E-state index contributed by atoms with van der Waals surface area (Å²) >= 11 is 0. The lowest BCUT2D eigenvalue weighted by Crippen LogP contribution is -2.35. The summed E-state index contributed by atoms with van der Waals surface area (Å²) in [6.45, 7) is 11.0. The summed E-state index contributed by atoms with van der Waals surface area (Å²) in [5, 5.41) is 0. The molecule has 2 heterocycles. The topological polar surface area (TPSA) is 29.5 Å². The molecule has 18 heavy (non-hydrogen) atoms. The summed E-state index contributed by atoms with van der Waals surface area (Å²) in [7, 11) is 0. The summed E-state index contributed by atoms with van der Waals surface area (Å²) in [5.41, 5.74) is 0. The van der Waals surface area contributed by atoms with Crippen LogP contribution >= 0.6 is 0 Å². The molecule has 0 aromatic heterocycles. The van der Waals surface area contributed by atoms with Crippen LogP contribution in [0.25, 0.3) is 0 Å². The first kappa shape index (κ1) is 15.5. The second kappa shape index (κ2) is 7.78. The number of hydrogen-bond acceptors (Lipinski definition) is 2. The molecule has 106 valence electrons. The van der Waals surface area contributed by atoms with Crippen LogP contribution in [0.1, 0.15) is 53.4 Å². The van der Waals surface area contributed by atoms with Crippen molar-refractivity contribution in [3.05, 3.63) is 0 Å². The second-order valence-electron chi connectivity index (χ2n) is 5.50. The number of carbonyl (C=O) groups excluding carboxylic acids is 1. The Morgan fingerprint density at radius 2 is 1.83 bits per heavy atom. The Morgan fingerprint density at radius 1 is 1.22 bits per heavy atom. The van der Waals surface area contributed by atoms with E-state index >= 15 is 0 Å². The molecule has 0 spiro atoms. The highest BCUT2D eigenvalue weighted by molar-refractivity contribution is 5.77. The van der Waals surface area contributed by atoms with Gasteiger partial charge in [-0.05, 0) is 38.0 Å². The molecule has 0 aromatic carbocycles. The number of rotatable bonds is 2. The molecule has 0 saturated carbocycles. The SMILES string of the molecule is CC.C[C@H]1C[C@@H](C)N(C(=O)CC2CCOCC2)C1. The van der Waals surface area contributed by atoms with Crippen LogP contribution in [0.15, 0.2) is 0 Å². The molecule has 0 unspecified atom stereocenters. The highest BCUT2D eigenvalue weighted by Crippen LogP contribution is 2.26. The standard InChI is InChI=1S/C13H23NO2.C2H6/c1-10-7-11(2)14(9-10)13(15)8-12-3-5-16-6-4-12;1-2/h10-12H,3-9H2,1-2H3;1-2H3/t10-,11+;/m0./s1. The van der Waals surface area contributed by atoms with Crippen LogP contribution in [0.3, 0.4) is 0 Å². The molecular formula is C15H29NO2. The summed E-state index contributed by atoms with van der Waals surface area (Å²) in [6, 6.07) is 0.447. The molecule has 3 nitrogen and oxygen atoms in total. The highest BCUT2D eigenvalue weighted by Gasteiger charge is 2.31. The Bertz CT molecular complexity index is 249. The molecule has 0 radical (unpaired) electrons. The van der Waals surface area contributed by atoms with Crippen LogP contribution in [0.5, 0.6) is 0 Å². The Hall–Kier alpha value is -0.570. The van der Waals surface area contributed by atoms with Gasteiger partial charge in [-0.3, -0.25) is 4.79 Å². The van der Waals surface area contributed by atoms with E-state index in [-0.39, 0.29) is 0 Å². The molecule has 2 aliphatic heterocycles. The second-order valence-corrected chi connectivity index (χ2v) is 5.50. The van der Waals surface area contributed by atoms with Crippen molar-refractivity contribution in [1.29, 1.82) is 0 Å². The van der Waals surface area contributed by atoms with Gasteiger partial charge in [0.15, 0.2) is 0 Å². The number of likely N-dealkylation sites (tertiary alicyclic amines) is 1. The van der Waals surface area contributed by atoms with Crippen molar-refractivity contribution >= 4 is 5.91 Å². The molecule has 3 heteroatoms. The van der Waals surface area contributed by atoms with Crippen molar-refractivity contribution in [3.63, 3.8) is 0 Å². The van der Waals surface area contributed by atoms with Gasteiger partial charge in [-0.15, -0.1) is 0 Å². The van der Waals surface area contributed by atoms with E-state index in [1.54, 1.807) is 0 Å². The minimum Gasteiger partial charge on any atom is -0.381 e. The van der Waals surface area contributed by atoms with Gasteiger partial charge in [-0.25, -0.2) is 0 Å². The lowest BCUT2D eigenvalue weighted by Gasteiger charge is -2.26. The zero-order chi connectivity index (χ0) is 13.5. The quantitative estimate of drug-likeness (QED) is 0.759. The first-order chi connectivity index (χ1) is 8.66. The predicted molar refractivity (Wildman–Crippen MR) is 74.5 cm³/mol. The summed E-state index contributed by atoms with van der Waals surface area (Å²) in [6.07, 6.45) is 4.02. The average Bonchev–Trinajstić information content (AvgIpc) is 2.72. The van der Waals surface area contributed by atoms with Gasteiger partial charge in [0.25, 0.3) is 0 Å². The average molecular weight is 255 g/mol. The van der Waals surface area contributed by atoms with Crippen molar-refractivity contribution in [1.82, 2.24) is 4.90 Å². The minimum atomic E-state index is 0.365. The van der Waals surface area contributed by atoms with Crippen molar-refractivity contribution in [2.75, 3.05) is 19.8 Å². The van der Waals surface area contributed by atoms with Gasteiger partial charge in [-0.2, -0.15) is 0 Å². The predicted octanol–water partition coefficient (Wildman–Crippen LogP) is 3.09. The molecule has 0 N–H and O–H groups in total. The third kappa shape index (κ3) is 4.27. The minimum absolute atomic E-state index is 0.365. The van der Waals surface area contributed by atoms with E-state index in [0.717, 1.165) is 39.0 Å². The maximum absolute atomic E-state index is 12.2. The number of carbonyl (C=O) groups is 1. The van der Waals surface area contributed by atoms with E-state index in [1.165, 1.54) is 6.42 Å². The maximum atomic E-state index is 12.2. The Balaban J connectivity index is 0.000000771. The van der Waals surface area contributed by atoms with E-state index in [1.807, 2.05) is 13.8 Å². The molecular weight excluding hydrogens is 226 g/mol. The fourth-order valence-electron chi connectivity index (χ4n) is 2.96. The van der Waals surface area contributed by atoms with Gasteiger partial charge in [0, 0.05) is 32.2 Å². The molecule has 2 fully saturated rings. The lowest BCUT2D eigenvalue weighted by atomic mass is 9.96. The third-order valence-corrected chi connectivity index (χ3v) is 3.91. The van der Waals surface area contributed by atoms with Gasteiger partial charge in [-0.1, -0.05) is 20.8 Å². The fraction of sp³-hybridized carbons (Fsp3) is 0.933. The monoisotopic (exact) mass is 255 g/mol. The van der Waals surface area contributed by atoms with Crippen molar-refractivity contribution < 1.29 is 9.53 Å². The number of ether oxygens (including phenoxy) is 1. The first-order valence-electron chi connectivity index (χ1n) is 7.54. The molecule has 0 aliphatic carbocycles. The summed E-state index contributed by atoms with van der Waals surface area (Å²) in [4.78, 5) is 14.2. The van der Waals surface area contributed by atoms with Gasteiger partial charge in [0.2, 0.25) is 5.91 Å². The van der Waals surface area contributed by atoms with E-state index in [0.29, 0.717) is 23.8 Å². The van der Waals surface area contributed by atoms with Gasteiger partial charge in [0.1, 0.15) is 0 Å². The third-order valence-electron chi connectivity index (χ3n) is 3.91. The van der Waals surface area contributed by atoms with Gasteiger partial charge < -0.3 is 9.64 Å². The Kier molecular flexibility index (Phi) is 6.69. The van der Waals surface area contributed by atoms with Gasteiger partial charge >= 0.3 is 0 Å². The van der Waals surface area contributed by atoms with Crippen LogP contribution in [-0.4, -0.2) is 36.6 Å². The lowest BCUT2D eigenvalue weighted by molar-refractivity contribution is -0.133. The van der Waals surface area contributed by atoms with Crippen LogP contribution in [0.2, 0.25) is 0 Å². The van der Waals surface area contributed by atoms with Crippen LogP contribution in [-0.2, 0) is 9.53 Å². The molecule has 2 atom stereocenters. The summed E-state index contributed by atoms with van der Waals surface area (Å²) < 4.78 is 5.32. The zero-order valence-electron chi connectivity index (χ0n) is 12.4. The molecule has 2 saturated heterocycles. The van der Waals surface area contributed by atoms with Crippen LogP contribution < -0.4 is 0 Å². The molecule has 0 aromatic rings. The largest absolute Gasteiger partial charge is 0.381 e. The molecule has 2 rings (SSSR count). The Labute approximate surface area is 112 Å². The first-order valence-corrected chi connectivity index (χ1v) is 7.54. The normalized spacial score (nSPS) is 28.8. The van der Waals surface area contributed by atoms with Crippen molar-refractivity contribution in [2.45, 2.75) is 59.4 Å². The smallest absolute Gasteiger partial charge is 0.223 e. The van der Waals surface area contributed by atoms with E-state index in [9.17, 15) is 4.79 Å². The fourth-order valence-corrected chi connectivity index (χ4v) is 2.96. The van der Waals surface area contributed by atoms with E-state index < -0.39 is 0 Å². The molecule has 1 amide bonds. The maximum Gasteiger partial charge on any atom is 0.223 e. The van der Waals surface area contributed by atoms with Gasteiger partial charge in [0.05, 0.1) is 0 Å². The van der Waals surface area contributed by atoms with Crippen molar-refractivity contribution in [3.8, 4) is 0 Å². The van der Waals surface area contributed by atoms with Crippen LogP contribution in [0, 0.1) is 11.8 Å². The van der Waals surface area contributed by atoms with Crippen LogP contribution in [0.4, 0.5) is 0 Å². The Morgan fingerprint density at radius 3 is 2.33 bits per heavy atom. The summed E-state index contributed by atoms with van der Waals surface area (Å²) in [5.74, 6) is 1.60. The van der Waals surface area contributed by atoms with E-state index in [4.69, 9.17) is 4.74 Å².